The van der Waals surface area contributed by atoms with Crippen molar-refractivity contribution >= 4 is 33.3 Å². The summed E-state index contributed by atoms with van der Waals surface area (Å²) < 4.78 is 26.8. The Bertz CT molecular complexity index is 616. The summed E-state index contributed by atoms with van der Waals surface area (Å²) >= 11 is 5.90. The van der Waals surface area contributed by atoms with Gasteiger partial charge in [0.15, 0.2) is 0 Å². The molecule has 0 aromatic carbocycles. The number of carbonyl (C=O) groups excluding carboxylic acids is 1. The Balaban J connectivity index is 3.05. The summed E-state index contributed by atoms with van der Waals surface area (Å²) in [5.74, 6) is -0.221. The average Bonchev–Trinajstić information content (AvgIpc) is 2.25. The predicted octanol–water partition coefficient (Wildman–Crippen LogP) is 0.709. The number of amides is 1. The number of sulfonamides is 1. The van der Waals surface area contributed by atoms with Crippen LogP contribution in [0.4, 0.5) is 5.82 Å². The molecule has 0 aliphatic carbocycles. The number of carbonyl (C=O) groups is 1. The van der Waals surface area contributed by atoms with Gasteiger partial charge in [0.25, 0.3) is 0 Å². The van der Waals surface area contributed by atoms with Gasteiger partial charge in [0.2, 0.25) is 15.9 Å². The Labute approximate surface area is 123 Å². The van der Waals surface area contributed by atoms with Crippen LogP contribution in [0.2, 0.25) is 5.02 Å². The number of nitrogens with zero attached hydrogens (tertiary/aromatic N) is 1. The zero-order valence-corrected chi connectivity index (χ0v) is 13.0. The molecule has 0 aliphatic rings. The highest BCUT2D eigenvalue weighted by atomic mass is 35.5. The first kappa shape index (κ1) is 16.7. The van der Waals surface area contributed by atoms with E-state index in [9.17, 15) is 13.2 Å². The smallest absolute Gasteiger partial charge is 0.242 e. The van der Waals surface area contributed by atoms with Gasteiger partial charge in [-0.3, -0.25) is 4.79 Å². The fourth-order valence-corrected chi connectivity index (χ4v) is 3.35. The first-order valence-corrected chi connectivity index (χ1v) is 7.59. The zero-order chi connectivity index (χ0) is 15.6. The standard InChI is InChI=1S/C11H17ClN4O3S/c1-11(2,5-9(13)17)16-20(18,19)7-4-8(12)10(14-3)15-6-7/h4,6,16H,5H2,1-3H3,(H2,13,17)(H,14,15). The van der Waals surface area contributed by atoms with Gasteiger partial charge in [0.05, 0.1) is 5.02 Å². The summed E-state index contributed by atoms with van der Waals surface area (Å²) in [6, 6.07) is 1.28. The second kappa shape index (κ2) is 5.94. The first-order chi connectivity index (χ1) is 9.07. The molecule has 1 aromatic heterocycles. The molecule has 1 heterocycles. The molecule has 4 N–H and O–H groups in total. The van der Waals surface area contributed by atoms with Gasteiger partial charge in [-0.1, -0.05) is 11.6 Å². The van der Waals surface area contributed by atoms with Crippen LogP contribution in [0.15, 0.2) is 17.2 Å². The van der Waals surface area contributed by atoms with E-state index in [2.05, 4.69) is 15.0 Å². The minimum atomic E-state index is -3.84. The lowest BCUT2D eigenvalue weighted by Gasteiger charge is -2.24. The molecule has 0 radical (unpaired) electrons. The monoisotopic (exact) mass is 320 g/mol. The third-order valence-corrected chi connectivity index (χ3v) is 4.34. The number of nitrogens with two attached hydrogens (primary N) is 1. The highest BCUT2D eigenvalue weighted by Gasteiger charge is 2.28. The van der Waals surface area contributed by atoms with Crippen LogP contribution >= 0.6 is 11.6 Å². The molecule has 0 fully saturated rings. The van der Waals surface area contributed by atoms with Crippen molar-refractivity contribution in [3.05, 3.63) is 17.3 Å². The second-order valence-corrected chi connectivity index (χ2v) is 6.97. The van der Waals surface area contributed by atoms with Crippen LogP contribution in [-0.4, -0.2) is 31.9 Å². The lowest BCUT2D eigenvalue weighted by atomic mass is 10.0. The molecule has 0 aliphatic heterocycles. The van der Waals surface area contributed by atoms with Gasteiger partial charge in [-0.15, -0.1) is 0 Å². The van der Waals surface area contributed by atoms with Gasteiger partial charge in [-0.2, -0.15) is 0 Å². The normalized spacial score (nSPS) is 12.2. The van der Waals surface area contributed by atoms with E-state index in [4.69, 9.17) is 17.3 Å². The maximum absolute atomic E-state index is 12.2. The second-order valence-electron chi connectivity index (χ2n) is 4.88. The van der Waals surface area contributed by atoms with Crippen LogP contribution in [0, 0.1) is 0 Å². The molecule has 0 spiro atoms. The van der Waals surface area contributed by atoms with Crippen molar-refractivity contribution in [3.8, 4) is 0 Å². The molecule has 9 heteroatoms. The molecular weight excluding hydrogens is 304 g/mol. The summed E-state index contributed by atoms with van der Waals surface area (Å²) in [6.45, 7) is 3.12. The SMILES string of the molecule is CNc1ncc(S(=O)(=O)NC(C)(C)CC(N)=O)cc1Cl. The van der Waals surface area contributed by atoms with Gasteiger partial charge in [-0.25, -0.2) is 18.1 Å². The van der Waals surface area contributed by atoms with Crippen LogP contribution in [0.1, 0.15) is 20.3 Å². The van der Waals surface area contributed by atoms with Gasteiger partial charge in [-0.05, 0) is 19.9 Å². The predicted molar refractivity (Wildman–Crippen MR) is 77.0 cm³/mol. The molecule has 112 valence electrons. The van der Waals surface area contributed by atoms with E-state index in [-0.39, 0.29) is 16.3 Å². The van der Waals surface area contributed by atoms with Crippen molar-refractivity contribution in [1.82, 2.24) is 9.71 Å². The van der Waals surface area contributed by atoms with Crippen LogP contribution < -0.4 is 15.8 Å². The number of pyridine rings is 1. The Morgan fingerprint density at radius 3 is 2.55 bits per heavy atom. The molecule has 0 atom stereocenters. The van der Waals surface area contributed by atoms with Gasteiger partial charge in [0, 0.05) is 25.2 Å². The summed E-state index contributed by atoms with van der Waals surface area (Å²) in [5.41, 5.74) is 4.08. The fourth-order valence-electron chi connectivity index (χ4n) is 1.65. The largest absolute Gasteiger partial charge is 0.372 e. The average molecular weight is 321 g/mol. The topological polar surface area (TPSA) is 114 Å². The number of rotatable bonds is 6. The Morgan fingerprint density at radius 1 is 1.50 bits per heavy atom. The van der Waals surface area contributed by atoms with Crippen molar-refractivity contribution in [2.45, 2.75) is 30.7 Å². The number of halogens is 1. The summed E-state index contributed by atoms with van der Waals surface area (Å²) in [5, 5.41) is 2.91. The van der Waals surface area contributed by atoms with E-state index in [0.717, 1.165) is 0 Å². The fraction of sp³-hybridized carbons (Fsp3) is 0.455. The van der Waals surface area contributed by atoms with Crippen LogP contribution in [-0.2, 0) is 14.8 Å². The zero-order valence-electron chi connectivity index (χ0n) is 11.4. The van der Waals surface area contributed by atoms with E-state index in [1.807, 2.05) is 0 Å². The van der Waals surface area contributed by atoms with Crippen LogP contribution in [0.25, 0.3) is 0 Å². The molecule has 1 amide bonds. The third-order valence-electron chi connectivity index (χ3n) is 2.39. The highest BCUT2D eigenvalue weighted by Crippen LogP contribution is 2.23. The number of nitrogens with one attached hydrogen (secondary N) is 2. The quantitative estimate of drug-likeness (QED) is 0.714. The number of anilines is 1. The van der Waals surface area contributed by atoms with Crippen LogP contribution in [0.5, 0.6) is 0 Å². The number of aromatic nitrogens is 1. The molecule has 7 nitrogen and oxygen atoms in total. The van der Waals surface area contributed by atoms with Gasteiger partial charge >= 0.3 is 0 Å². The van der Waals surface area contributed by atoms with E-state index in [1.54, 1.807) is 20.9 Å². The Kier molecular flexibility index (Phi) is 4.95. The molecule has 1 rings (SSSR count). The van der Waals surface area contributed by atoms with Crippen molar-refractivity contribution in [2.75, 3.05) is 12.4 Å². The van der Waals surface area contributed by atoms with Crippen LogP contribution in [0.3, 0.4) is 0 Å². The number of primary amides is 1. The molecule has 0 saturated heterocycles. The van der Waals surface area contributed by atoms with Crippen molar-refractivity contribution in [2.24, 2.45) is 5.73 Å². The third kappa shape index (κ3) is 4.32. The minimum Gasteiger partial charge on any atom is -0.372 e. The van der Waals surface area contributed by atoms with E-state index in [0.29, 0.717) is 5.82 Å². The molecule has 20 heavy (non-hydrogen) atoms. The molecule has 0 bridgehead atoms. The Hall–Kier alpha value is -1.38. The summed E-state index contributed by atoms with van der Waals surface area (Å²) in [4.78, 5) is 14.7. The van der Waals surface area contributed by atoms with Crippen molar-refractivity contribution in [3.63, 3.8) is 0 Å². The number of hydrogen-bond donors (Lipinski definition) is 3. The van der Waals surface area contributed by atoms with Gasteiger partial charge < -0.3 is 11.1 Å². The lowest BCUT2D eigenvalue weighted by Crippen LogP contribution is -2.45. The molecular formula is C11H17ClN4O3S. The maximum Gasteiger partial charge on any atom is 0.242 e. The van der Waals surface area contributed by atoms with E-state index < -0.39 is 21.5 Å². The molecule has 1 aromatic rings. The van der Waals surface area contributed by atoms with E-state index >= 15 is 0 Å². The van der Waals surface area contributed by atoms with E-state index in [1.165, 1.54) is 12.3 Å². The minimum absolute atomic E-state index is 0.0842. The summed E-state index contributed by atoms with van der Waals surface area (Å²) in [7, 11) is -2.22. The van der Waals surface area contributed by atoms with Crippen molar-refractivity contribution in [1.29, 1.82) is 0 Å². The summed E-state index contributed by atoms with van der Waals surface area (Å²) in [6.07, 6.45) is 1.06. The van der Waals surface area contributed by atoms with Crippen molar-refractivity contribution < 1.29 is 13.2 Å². The van der Waals surface area contributed by atoms with Gasteiger partial charge in [0.1, 0.15) is 10.7 Å². The first-order valence-electron chi connectivity index (χ1n) is 5.73. The maximum atomic E-state index is 12.2. The highest BCUT2D eigenvalue weighted by molar-refractivity contribution is 7.89. The lowest BCUT2D eigenvalue weighted by molar-refractivity contribution is -0.119. The Morgan fingerprint density at radius 2 is 2.10 bits per heavy atom. The molecule has 0 unspecified atom stereocenters. The number of hydrogen-bond acceptors (Lipinski definition) is 5. The molecule has 0 saturated carbocycles.